The van der Waals surface area contributed by atoms with Crippen LogP contribution in [0, 0.1) is 5.92 Å². The van der Waals surface area contributed by atoms with Gasteiger partial charge in [-0.2, -0.15) is 0 Å². The van der Waals surface area contributed by atoms with E-state index < -0.39 is 0 Å². The lowest BCUT2D eigenvalue weighted by Gasteiger charge is -2.35. The zero-order valence-electron chi connectivity index (χ0n) is 16.1. The molecule has 8 nitrogen and oxygen atoms in total. The molecule has 146 valence electrons. The second kappa shape index (κ2) is 12.9. The molecule has 1 unspecified atom stereocenters. The number of nitrogens with zero attached hydrogens (tertiary/aromatic N) is 2. The highest BCUT2D eigenvalue weighted by atomic mass is 16.5. The predicted molar refractivity (Wildman–Crippen MR) is 99.9 cm³/mol. The summed E-state index contributed by atoms with van der Waals surface area (Å²) in [6.45, 7) is 10.0. The fraction of sp³-hybridized carbons (Fsp3) is 0.882. The quantitative estimate of drug-likeness (QED) is 0.282. The Kier molecular flexibility index (Phi) is 11.2. The molecule has 8 heteroatoms. The standard InChI is InChI=1S/C17H35N5O3/c1-14(2)11-15(22-6-9-25-10-7-22)12-20-17(18-3)21-13-16(23)19-5-8-24-4/h14-15H,5-13H2,1-4H3,(H,19,23)(H2,18,20,21). The molecule has 0 aromatic heterocycles. The van der Waals surface area contributed by atoms with Crippen LogP contribution in [0.15, 0.2) is 4.99 Å². The number of hydrogen-bond donors (Lipinski definition) is 3. The third-order valence-corrected chi connectivity index (χ3v) is 4.08. The summed E-state index contributed by atoms with van der Waals surface area (Å²) in [6, 6.07) is 0.429. The number of aliphatic imine (C=N–C) groups is 1. The van der Waals surface area contributed by atoms with Gasteiger partial charge in [-0.1, -0.05) is 13.8 Å². The summed E-state index contributed by atoms with van der Waals surface area (Å²) in [5.74, 6) is 1.19. The van der Waals surface area contributed by atoms with E-state index in [2.05, 4.69) is 39.7 Å². The number of ether oxygens (including phenoxy) is 2. The van der Waals surface area contributed by atoms with Crippen LogP contribution in [0.5, 0.6) is 0 Å². The zero-order chi connectivity index (χ0) is 18.5. The molecule has 1 heterocycles. The number of methoxy groups -OCH3 is 1. The van der Waals surface area contributed by atoms with Crippen molar-refractivity contribution in [3.8, 4) is 0 Å². The van der Waals surface area contributed by atoms with Gasteiger partial charge in [0.05, 0.1) is 26.4 Å². The normalized spacial score (nSPS) is 17.4. The molecular weight excluding hydrogens is 322 g/mol. The molecule has 0 radical (unpaired) electrons. The Bertz CT molecular complexity index is 398. The topological polar surface area (TPSA) is 87.2 Å². The van der Waals surface area contributed by atoms with Crippen LogP contribution >= 0.6 is 0 Å². The Morgan fingerprint density at radius 2 is 1.96 bits per heavy atom. The molecule has 1 atom stereocenters. The van der Waals surface area contributed by atoms with Gasteiger partial charge in [0.25, 0.3) is 0 Å². The van der Waals surface area contributed by atoms with Crippen molar-refractivity contribution >= 4 is 11.9 Å². The van der Waals surface area contributed by atoms with Crippen molar-refractivity contribution in [2.24, 2.45) is 10.9 Å². The van der Waals surface area contributed by atoms with Crippen molar-refractivity contribution in [2.75, 3.05) is 66.7 Å². The molecule has 0 aliphatic carbocycles. The molecule has 0 aromatic rings. The molecule has 0 bridgehead atoms. The number of nitrogens with one attached hydrogen (secondary N) is 3. The van der Waals surface area contributed by atoms with Crippen LogP contribution < -0.4 is 16.0 Å². The van der Waals surface area contributed by atoms with Gasteiger partial charge in [0.1, 0.15) is 0 Å². The van der Waals surface area contributed by atoms with Crippen molar-refractivity contribution in [1.82, 2.24) is 20.9 Å². The van der Waals surface area contributed by atoms with E-state index in [0.29, 0.717) is 31.1 Å². The van der Waals surface area contributed by atoms with Crippen LogP contribution in [0.1, 0.15) is 20.3 Å². The summed E-state index contributed by atoms with van der Waals surface area (Å²) in [5, 5.41) is 9.17. The Morgan fingerprint density at radius 1 is 1.24 bits per heavy atom. The zero-order valence-corrected chi connectivity index (χ0v) is 16.1. The van der Waals surface area contributed by atoms with Gasteiger partial charge in [0.2, 0.25) is 5.91 Å². The van der Waals surface area contributed by atoms with E-state index in [1.165, 1.54) is 0 Å². The molecule has 1 aliphatic heterocycles. The van der Waals surface area contributed by atoms with E-state index in [1.807, 2.05) is 0 Å². The molecule has 0 spiro atoms. The number of hydrogen-bond acceptors (Lipinski definition) is 5. The number of amides is 1. The number of rotatable bonds is 10. The summed E-state index contributed by atoms with van der Waals surface area (Å²) in [7, 11) is 3.32. The highest BCUT2D eigenvalue weighted by Crippen LogP contribution is 2.12. The number of carbonyl (C=O) groups excluding carboxylic acids is 1. The van der Waals surface area contributed by atoms with Crippen molar-refractivity contribution in [3.63, 3.8) is 0 Å². The lowest BCUT2D eigenvalue weighted by molar-refractivity contribution is -0.120. The molecule has 1 rings (SSSR count). The Labute approximate surface area is 151 Å². The number of guanidine groups is 1. The molecular formula is C17H35N5O3. The van der Waals surface area contributed by atoms with Crippen LogP contribution in [0.4, 0.5) is 0 Å². The van der Waals surface area contributed by atoms with Crippen molar-refractivity contribution < 1.29 is 14.3 Å². The Morgan fingerprint density at radius 3 is 2.56 bits per heavy atom. The maximum absolute atomic E-state index is 11.7. The first kappa shape index (κ1) is 21.7. The molecule has 1 aliphatic rings. The highest BCUT2D eigenvalue weighted by molar-refractivity contribution is 5.86. The van der Waals surface area contributed by atoms with Crippen LogP contribution in [-0.4, -0.2) is 89.5 Å². The van der Waals surface area contributed by atoms with Gasteiger partial charge in [-0.15, -0.1) is 0 Å². The molecule has 0 saturated carbocycles. The van der Waals surface area contributed by atoms with Gasteiger partial charge >= 0.3 is 0 Å². The molecule has 1 saturated heterocycles. The van der Waals surface area contributed by atoms with Gasteiger partial charge in [-0.25, -0.2) is 0 Å². The predicted octanol–water partition coefficient (Wildman–Crippen LogP) is -0.339. The second-order valence-electron chi connectivity index (χ2n) is 6.58. The lowest BCUT2D eigenvalue weighted by atomic mass is 10.0. The average Bonchev–Trinajstić information content (AvgIpc) is 2.61. The maximum Gasteiger partial charge on any atom is 0.239 e. The van der Waals surface area contributed by atoms with Crippen LogP contribution in [-0.2, 0) is 14.3 Å². The second-order valence-corrected chi connectivity index (χ2v) is 6.58. The third-order valence-electron chi connectivity index (χ3n) is 4.08. The van der Waals surface area contributed by atoms with E-state index in [0.717, 1.165) is 39.3 Å². The Hall–Kier alpha value is -1.38. The fourth-order valence-electron chi connectivity index (χ4n) is 2.80. The van der Waals surface area contributed by atoms with Crippen molar-refractivity contribution in [3.05, 3.63) is 0 Å². The first-order valence-corrected chi connectivity index (χ1v) is 9.08. The minimum atomic E-state index is -0.0769. The Balaban J connectivity index is 2.39. The molecule has 1 amide bonds. The molecule has 1 fully saturated rings. The molecule has 0 aromatic carbocycles. The fourth-order valence-corrected chi connectivity index (χ4v) is 2.80. The number of morpholine rings is 1. The molecule has 25 heavy (non-hydrogen) atoms. The largest absolute Gasteiger partial charge is 0.383 e. The first-order chi connectivity index (χ1) is 12.1. The van der Waals surface area contributed by atoms with Crippen LogP contribution in [0.2, 0.25) is 0 Å². The van der Waals surface area contributed by atoms with Crippen LogP contribution in [0.25, 0.3) is 0 Å². The van der Waals surface area contributed by atoms with Crippen molar-refractivity contribution in [2.45, 2.75) is 26.3 Å². The summed E-state index contributed by atoms with van der Waals surface area (Å²) in [5.41, 5.74) is 0. The summed E-state index contributed by atoms with van der Waals surface area (Å²) in [4.78, 5) is 18.4. The van der Waals surface area contributed by atoms with E-state index in [1.54, 1.807) is 14.2 Å². The minimum absolute atomic E-state index is 0.0769. The van der Waals surface area contributed by atoms with E-state index in [-0.39, 0.29) is 12.5 Å². The van der Waals surface area contributed by atoms with Gasteiger partial charge in [0, 0.05) is 46.4 Å². The summed E-state index contributed by atoms with van der Waals surface area (Å²) < 4.78 is 10.4. The van der Waals surface area contributed by atoms with Gasteiger partial charge in [0.15, 0.2) is 5.96 Å². The first-order valence-electron chi connectivity index (χ1n) is 9.08. The monoisotopic (exact) mass is 357 g/mol. The molecule has 3 N–H and O–H groups in total. The highest BCUT2D eigenvalue weighted by Gasteiger charge is 2.22. The van der Waals surface area contributed by atoms with Crippen molar-refractivity contribution in [1.29, 1.82) is 0 Å². The van der Waals surface area contributed by atoms with Crippen LogP contribution in [0.3, 0.4) is 0 Å². The van der Waals surface area contributed by atoms with E-state index >= 15 is 0 Å². The summed E-state index contributed by atoms with van der Waals surface area (Å²) in [6.07, 6.45) is 1.11. The third kappa shape index (κ3) is 9.62. The summed E-state index contributed by atoms with van der Waals surface area (Å²) >= 11 is 0. The number of carbonyl (C=O) groups is 1. The van der Waals surface area contributed by atoms with Gasteiger partial charge < -0.3 is 25.4 Å². The minimum Gasteiger partial charge on any atom is -0.383 e. The van der Waals surface area contributed by atoms with E-state index in [9.17, 15) is 4.79 Å². The van der Waals surface area contributed by atoms with Gasteiger partial charge in [-0.3, -0.25) is 14.7 Å². The average molecular weight is 357 g/mol. The maximum atomic E-state index is 11.7. The van der Waals surface area contributed by atoms with Gasteiger partial charge in [-0.05, 0) is 12.3 Å². The smallest absolute Gasteiger partial charge is 0.239 e. The van der Waals surface area contributed by atoms with E-state index in [4.69, 9.17) is 9.47 Å². The SMILES string of the molecule is CN=C(NCC(=O)NCCOC)NCC(CC(C)C)N1CCOCC1. The lowest BCUT2D eigenvalue weighted by Crippen LogP contribution is -2.51.